The maximum Gasteiger partial charge on any atom is 0.157 e. The van der Waals surface area contributed by atoms with Crippen LogP contribution in [0.25, 0.3) is 0 Å². The number of rotatable bonds is 42. The van der Waals surface area contributed by atoms with Crippen LogP contribution in [0, 0.1) is 0 Å². The van der Waals surface area contributed by atoms with E-state index in [1.165, 1.54) is 135 Å². The lowest BCUT2D eigenvalue weighted by molar-refractivity contribution is -0.148. The standard InChI is InChI=1S/C52H94N4O5.C2H6S/c1-4-6-8-10-12-14-16-18-20-22-24-26-28-30-33-37-41-59-52(39-35-31-29-27-25-23-21-19-17-15-13-11-9-7-5-2)60-42-38-34-32-36-40-55(3)44-48-45-56(54-53-48)50-47-61-49(46-57)43-51(50)58;1-3-2/h12-15,18-21,45,49-52,57-58H,4-11,16-17,22-44,46-47H2,1-3H3;1-2H3/b14-12-,15-13-,20-18-,21-19-;. The Labute approximate surface area is 398 Å². The predicted molar refractivity (Wildman–Crippen MR) is 275 cm³/mol. The smallest absolute Gasteiger partial charge is 0.157 e. The van der Waals surface area contributed by atoms with Gasteiger partial charge in [0.05, 0.1) is 37.3 Å². The quantitative estimate of drug-likeness (QED) is 0.0377. The highest BCUT2D eigenvalue weighted by Crippen LogP contribution is 2.23. The Morgan fingerprint density at radius 3 is 1.67 bits per heavy atom. The molecule has 0 saturated carbocycles. The third-order valence-corrected chi connectivity index (χ3v) is 11.8. The van der Waals surface area contributed by atoms with Crippen LogP contribution in [0.15, 0.2) is 54.8 Å². The molecule has 64 heavy (non-hydrogen) atoms. The van der Waals surface area contributed by atoms with Gasteiger partial charge >= 0.3 is 0 Å². The zero-order valence-corrected chi connectivity index (χ0v) is 42.9. The highest BCUT2D eigenvalue weighted by Gasteiger charge is 2.31. The number of aliphatic hydroxyl groups is 2. The molecule has 9 nitrogen and oxygen atoms in total. The van der Waals surface area contributed by atoms with E-state index in [9.17, 15) is 10.2 Å². The van der Waals surface area contributed by atoms with Gasteiger partial charge in [-0.15, -0.1) is 5.10 Å². The summed E-state index contributed by atoms with van der Waals surface area (Å²) < 4.78 is 20.1. The van der Waals surface area contributed by atoms with Crippen LogP contribution in [-0.2, 0) is 20.8 Å². The summed E-state index contributed by atoms with van der Waals surface area (Å²) in [4.78, 5) is 2.28. The van der Waals surface area contributed by atoms with Gasteiger partial charge in [-0.3, -0.25) is 0 Å². The second-order valence-corrected chi connectivity index (χ2v) is 18.8. The van der Waals surface area contributed by atoms with Crippen LogP contribution in [0.4, 0.5) is 0 Å². The number of unbranched alkanes of at least 4 members (excludes halogenated alkanes) is 20. The van der Waals surface area contributed by atoms with Gasteiger partial charge in [-0.1, -0.05) is 151 Å². The minimum atomic E-state index is -0.602. The normalized spacial score (nSPS) is 17.5. The Hall–Kier alpha value is -1.79. The lowest BCUT2D eigenvalue weighted by Crippen LogP contribution is -2.40. The van der Waals surface area contributed by atoms with E-state index >= 15 is 0 Å². The van der Waals surface area contributed by atoms with E-state index in [0.717, 1.165) is 70.4 Å². The van der Waals surface area contributed by atoms with Crippen molar-refractivity contribution in [2.75, 3.05) is 52.5 Å². The largest absolute Gasteiger partial charge is 0.394 e. The molecule has 4 atom stereocenters. The summed E-state index contributed by atoms with van der Waals surface area (Å²) in [5, 5.41) is 28.4. The molecule has 4 unspecified atom stereocenters. The summed E-state index contributed by atoms with van der Waals surface area (Å²) in [6, 6.07) is -0.266. The Kier molecular flexibility index (Phi) is 43.6. The number of allylic oxidation sites excluding steroid dienone is 8. The van der Waals surface area contributed by atoms with Gasteiger partial charge in [0.15, 0.2) is 6.29 Å². The monoisotopic (exact) mass is 917 g/mol. The average molecular weight is 917 g/mol. The lowest BCUT2D eigenvalue weighted by atomic mass is 10.0. The van der Waals surface area contributed by atoms with Gasteiger partial charge in [-0.2, -0.15) is 11.8 Å². The second-order valence-electron chi connectivity index (χ2n) is 18.0. The van der Waals surface area contributed by atoms with E-state index in [1.807, 2.05) is 18.7 Å². The van der Waals surface area contributed by atoms with E-state index in [-0.39, 0.29) is 25.0 Å². The fourth-order valence-electron chi connectivity index (χ4n) is 7.82. The Balaban J connectivity index is 0.00000662. The van der Waals surface area contributed by atoms with E-state index in [1.54, 1.807) is 16.4 Å². The first-order valence-corrected chi connectivity index (χ1v) is 27.8. The first-order chi connectivity index (χ1) is 31.5. The molecule has 1 aromatic heterocycles. The number of aromatic nitrogens is 3. The SMILES string of the molecule is CCCCC/C=C\C/C=C\CCCCCCCCOC(CCCCCCC/C=C\C/C=C\CCCCC)OCCCCCCN(C)Cc1cn(C2COC(CO)CC2O)nn1.CSC. The van der Waals surface area contributed by atoms with E-state index in [0.29, 0.717) is 19.6 Å². The molecule has 0 aliphatic carbocycles. The topological polar surface area (TPSA) is 102 Å². The third kappa shape index (κ3) is 36.3. The van der Waals surface area contributed by atoms with Crippen molar-refractivity contribution in [3.63, 3.8) is 0 Å². The first kappa shape index (κ1) is 60.2. The molecule has 0 amide bonds. The average Bonchev–Trinajstić information content (AvgIpc) is 3.75. The molecule has 1 fully saturated rings. The van der Waals surface area contributed by atoms with Gasteiger partial charge in [0, 0.05) is 26.2 Å². The minimum Gasteiger partial charge on any atom is -0.394 e. The van der Waals surface area contributed by atoms with Crippen molar-refractivity contribution < 1.29 is 24.4 Å². The first-order valence-electron chi connectivity index (χ1n) is 26.2. The molecule has 1 aliphatic heterocycles. The fourth-order valence-corrected chi connectivity index (χ4v) is 7.82. The minimum absolute atomic E-state index is 0.0759. The van der Waals surface area contributed by atoms with Crippen molar-refractivity contribution in [2.24, 2.45) is 0 Å². The molecule has 372 valence electrons. The van der Waals surface area contributed by atoms with Crippen LogP contribution in [-0.4, -0.2) is 101 Å². The fraction of sp³-hybridized carbons (Fsp3) is 0.815. The summed E-state index contributed by atoms with van der Waals surface area (Å²) >= 11 is 1.75. The molecule has 10 heteroatoms. The van der Waals surface area contributed by atoms with Gasteiger partial charge in [-0.25, -0.2) is 4.68 Å². The number of nitrogens with zero attached hydrogens (tertiary/aromatic N) is 4. The van der Waals surface area contributed by atoms with Crippen LogP contribution < -0.4 is 0 Å². The van der Waals surface area contributed by atoms with Crippen LogP contribution >= 0.6 is 11.8 Å². The van der Waals surface area contributed by atoms with Gasteiger partial charge in [0.25, 0.3) is 0 Å². The van der Waals surface area contributed by atoms with Crippen LogP contribution in [0.3, 0.4) is 0 Å². The molecule has 0 aromatic carbocycles. The van der Waals surface area contributed by atoms with Gasteiger partial charge in [0.1, 0.15) is 6.04 Å². The molecule has 0 radical (unpaired) electrons. The molecule has 2 heterocycles. The maximum atomic E-state index is 10.5. The Bertz CT molecular complexity index is 1240. The molecule has 1 saturated heterocycles. The van der Waals surface area contributed by atoms with Crippen LogP contribution in [0.1, 0.15) is 212 Å². The van der Waals surface area contributed by atoms with Crippen LogP contribution in [0.2, 0.25) is 0 Å². The summed E-state index contributed by atoms with van der Waals surface area (Å²) in [5.41, 5.74) is 0.887. The molecule has 2 rings (SSSR count). The predicted octanol–water partition coefficient (Wildman–Crippen LogP) is 13.9. The molecule has 0 bridgehead atoms. The zero-order chi connectivity index (χ0) is 46.4. The van der Waals surface area contributed by atoms with Gasteiger partial charge < -0.3 is 29.3 Å². The number of thioether (sulfide) groups is 1. The number of ether oxygens (including phenoxy) is 3. The summed E-state index contributed by atoms with van der Waals surface area (Å²) in [7, 11) is 2.12. The van der Waals surface area contributed by atoms with E-state index < -0.39 is 6.10 Å². The molecule has 0 spiro atoms. The van der Waals surface area contributed by atoms with Crippen molar-refractivity contribution in [2.45, 2.75) is 231 Å². The second kappa shape index (κ2) is 46.3. The van der Waals surface area contributed by atoms with Crippen molar-refractivity contribution in [3.05, 3.63) is 60.5 Å². The summed E-state index contributed by atoms with van der Waals surface area (Å²) in [5.74, 6) is 0. The Morgan fingerprint density at radius 1 is 0.703 bits per heavy atom. The van der Waals surface area contributed by atoms with Crippen LogP contribution in [0.5, 0.6) is 0 Å². The van der Waals surface area contributed by atoms with E-state index in [4.69, 9.17) is 14.2 Å². The number of hydrogen-bond donors (Lipinski definition) is 2. The number of aliphatic hydroxyl groups excluding tert-OH is 2. The molecule has 1 aromatic rings. The maximum absolute atomic E-state index is 10.5. The summed E-state index contributed by atoms with van der Waals surface area (Å²) in [6.45, 7) is 8.06. The van der Waals surface area contributed by atoms with Gasteiger partial charge in [0.2, 0.25) is 0 Å². The molecular formula is C54H100N4O5S. The summed E-state index contributed by atoms with van der Waals surface area (Å²) in [6.07, 6.45) is 58.5. The van der Waals surface area contributed by atoms with Crippen molar-refractivity contribution in [1.29, 1.82) is 0 Å². The van der Waals surface area contributed by atoms with E-state index in [2.05, 4.69) is 84.7 Å². The van der Waals surface area contributed by atoms with Crippen molar-refractivity contribution in [1.82, 2.24) is 19.9 Å². The zero-order valence-electron chi connectivity index (χ0n) is 42.1. The Morgan fingerprint density at radius 2 is 1.17 bits per heavy atom. The third-order valence-electron chi connectivity index (χ3n) is 11.8. The number of hydrogen-bond acceptors (Lipinski definition) is 9. The molecule has 2 N–H and O–H groups in total. The highest BCUT2D eigenvalue weighted by molar-refractivity contribution is 7.97. The van der Waals surface area contributed by atoms with Crippen molar-refractivity contribution >= 4 is 11.8 Å². The molecule has 1 aliphatic rings. The highest BCUT2D eigenvalue weighted by atomic mass is 32.2. The van der Waals surface area contributed by atoms with Gasteiger partial charge in [-0.05, 0) is 122 Å². The molecular weight excluding hydrogens is 817 g/mol. The lowest BCUT2D eigenvalue weighted by Gasteiger charge is -2.32. The van der Waals surface area contributed by atoms with Crippen molar-refractivity contribution in [3.8, 4) is 0 Å².